The van der Waals surface area contributed by atoms with E-state index >= 15 is 0 Å². The molecule has 94 valence electrons. The molecular weight excluding hydrogens is 228 g/mol. The topological polar surface area (TPSA) is 59.5 Å². The molecule has 1 fully saturated rings. The number of para-hydroxylation sites is 1. The van der Waals surface area contributed by atoms with Crippen LogP contribution in [-0.4, -0.2) is 29.9 Å². The van der Waals surface area contributed by atoms with Crippen LogP contribution < -0.4 is 5.73 Å². The van der Waals surface area contributed by atoms with E-state index in [0.29, 0.717) is 12.3 Å². The zero-order valence-electron chi connectivity index (χ0n) is 10.3. The van der Waals surface area contributed by atoms with E-state index < -0.39 is 0 Å². The van der Waals surface area contributed by atoms with Gasteiger partial charge in [-0.3, -0.25) is 4.79 Å². The Morgan fingerprint density at radius 3 is 2.89 bits per heavy atom. The predicted molar refractivity (Wildman–Crippen MR) is 69.4 cm³/mol. The average Bonchev–Trinajstić information content (AvgIpc) is 2.94. The molecule has 0 spiro atoms. The van der Waals surface area contributed by atoms with Gasteiger partial charge in [-0.25, -0.2) is 0 Å². The number of hydrogen-bond acceptors (Lipinski definition) is 3. The second-order valence-corrected chi connectivity index (χ2v) is 4.85. The van der Waals surface area contributed by atoms with Crippen LogP contribution in [-0.2, 0) is 0 Å². The lowest BCUT2D eigenvalue weighted by molar-refractivity contribution is 0.0760. The molecule has 0 aliphatic carbocycles. The van der Waals surface area contributed by atoms with Crippen LogP contribution >= 0.6 is 0 Å². The van der Waals surface area contributed by atoms with Crippen molar-refractivity contribution in [3.8, 4) is 0 Å². The molecule has 1 aliphatic rings. The highest BCUT2D eigenvalue weighted by atomic mass is 16.3. The van der Waals surface area contributed by atoms with Crippen molar-refractivity contribution in [3.05, 3.63) is 35.6 Å². The molecule has 0 radical (unpaired) electrons. The fraction of sp³-hybridized carbons (Fsp3) is 0.357. The number of furan rings is 1. The Hall–Kier alpha value is -1.81. The molecule has 18 heavy (non-hydrogen) atoms. The Kier molecular flexibility index (Phi) is 2.59. The molecule has 1 aliphatic heterocycles. The van der Waals surface area contributed by atoms with Gasteiger partial charge in [0, 0.05) is 30.1 Å². The summed E-state index contributed by atoms with van der Waals surface area (Å²) in [5, 5.41) is 1.00. The van der Waals surface area contributed by atoms with Gasteiger partial charge in [-0.15, -0.1) is 0 Å². The monoisotopic (exact) mass is 244 g/mol. The van der Waals surface area contributed by atoms with E-state index in [1.165, 1.54) is 0 Å². The molecule has 1 aromatic carbocycles. The number of aryl methyl sites for hydroxylation is 1. The van der Waals surface area contributed by atoms with E-state index in [9.17, 15) is 4.79 Å². The second kappa shape index (κ2) is 4.14. The Labute approximate surface area is 105 Å². The van der Waals surface area contributed by atoms with Gasteiger partial charge in [-0.05, 0) is 19.4 Å². The summed E-state index contributed by atoms with van der Waals surface area (Å²) in [5.41, 5.74) is 7.51. The minimum atomic E-state index is -0.0448. The van der Waals surface area contributed by atoms with Crippen LogP contribution in [0, 0.1) is 6.92 Å². The summed E-state index contributed by atoms with van der Waals surface area (Å²) < 4.78 is 5.68. The quantitative estimate of drug-likeness (QED) is 0.833. The number of benzene rings is 1. The molecule has 4 nitrogen and oxygen atoms in total. The van der Waals surface area contributed by atoms with Crippen molar-refractivity contribution in [2.24, 2.45) is 5.73 Å². The first-order valence-corrected chi connectivity index (χ1v) is 6.20. The summed E-state index contributed by atoms with van der Waals surface area (Å²) in [6, 6.07) is 7.81. The molecule has 2 N–H and O–H groups in total. The van der Waals surface area contributed by atoms with Gasteiger partial charge in [-0.1, -0.05) is 18.2 Å². The van der Waals surface area contributed by atoms with Crippen molar-refractivity contribution in [3.63, 3.8) is 0 Å². The highest BCUT2D eigenvalue weighted by molar-refractivity contribution is 5.99. The normalized spacial score (nSPS) is 19.7. The molecule has 1 aromatic heterocycles. The van der Waals surface area contributed by atoms with Gasteiger partial charge in [0.25, 0.3) is 5.91 Å². The van der Waals surface area contributed by atoms with Crippen LogP contribution in [0.5, 0.6) is 0 Å². The molecule has 1 amide bonds. The van der Waals surface area contributed by atoms with Crippen LogP contribution in [0.15, 0.2) is 28.7 Å². The molecular formula is C14H16N2O2. The molecule has 3 rings (SSSR count). The van der Waals surface area contributed by atoms with E-state index in [4.69, 9.17) is 10.2 Å². The molecule has 0 bridgehead atoms. The minimum Gasteiger partial charge on any atom is -0.451 e. The number of amides is 1. The zero-order chi connectivity index (χ0) is 12.7. The van der Waals surface area contributed by atoms with Crippen molar-refractivity contribution >= 4 is 16.9 Å². The van der Waals surface area contributed by atoms with E-state index in [1.54, 1.807) is 4.90 Å². The summed E-state index contributed by atoms with van der Waals surface area (Å²) in [6.07, 6.45) is 0.866. The van der Waals surface area contributed by atoms with Gasteiger partial charge in [0.15, 0.2) is 5.76 Å². The smallest absolute Gasteiger partial charge is 0.289 e. The van der Waals surface area contributed by atoms with Gasteiger partial charge < -0.3 is 15.1 Å². The maximum atomic E-state index is 12.4. The summed E-state index contributed by atoms with van der Waals surface area (Å²) in [7, 11) is 0. The maximum Gasteiger partial charge on any atom is 0.289 e. The van der Waals surface area contributed by atoms with Crippen molar-refractivity contribution in [2.75, 3.05) is 13.1 Å². The lowest BCUT2D eigenvalue weighted by Gasteiger charge is -2.14. The third-order valence-electron chi connectivity index (χ3n) is 3.55. The highest BCUT2D eigenvalue weighted by Crippen LogP contribution is 2.26. The van der Waals surface area contributed by atoms with E-state index in [1.807, 2.05) is 31.2 Å². The Morgan fingerprint density at radius 1 is 1.44 bits per heavy atom. The van der Waals surface area contributed by atoms with Crippen molar-refractivity contribution in [2.45, 2.75) is 19.4 Å². The first kappa shape index (κ1) is 11.3. The van der Waals surface area contributed by atoms with E-state index in [-0.39, 0.29) is 11.9 Å². The summed E-state index contributed by atoms with van der Waals surface area (Å²) >= 11 is 0. The molecule has 2 heterocycles. The number of likely N-dealkylation sites (tertiary alicyclic amines) is 1. The zero-order valence-corrected chi connectivity index (χ0v) is 10.3. The van der Waals surface area contributed by atoms with Gasteiger partial charge in [0.05, 0.1) is 0 Å². The third-order valence-corrected chi connectivity index (χ3v) is 3.55. The van der Waals surface area contributed by atoms with Crippen LogP contribution in [0.1, 0.15) is 22.5 Å². The third kappa shape index (κ3) is 1.69. The first-order chi connectivity index (χ1) is 8.66. The van der Waals surface area contributed by atoms with Crippen molar-refractivity contribution < 1.29 is 9.21 Å². The highest BCUT2D eigenvalue weighted by Gasteiger charge is 2.28. The Morgan fingerprint density at radius 2 is 2.22 bits per heavy atom. The Bertz CT molecular complexity index is 603. The van der Waals surface area contributed by atoms with E-state index in [0.717, 1.165) is 29.5 Å². The number of carbonyl (C=O) groups is 1. The summed E-state index contributed by atoms with van der Waals surface area (Å²) in [6.45, 7) is 3.26. The molecule has 2 aromatic rings. The number of carbonyl (C=O) groups excluding carboxylic acids is 1. The predicted octanol–water partition coefficient (Wildman–Crippen LogP) is 1.91. The fourth-order valence-corrected chi connectivity index (χ4v) is 2.49. The number of nitrogens with zero attached hydrogens (tertiary/aromatic N) is 1. The Balaban J connectivity index is 1.99. The minimum absolute atomic E-state index is 0.0448. The fourth-order valence-electron chi connectivity index (χ4n) is 2.49. The standard InChI is InChI=1S/C14H16N2O2/c1-9-11-4-2-3-5-12(11)18-13(9)14(17)16-7-6-10(15)8-16/h2-5,10H,6-8,15H2,1H3. The molecule has 0 saturated carbocycles. The lowest BCUT2D eigenvalue weighted by Crippen LogP contribution is -2.31. The largest absolute Gasteiger partial charge is 0.451 e. The van der Waals surface area contributed by atoms with Gasteiger partial charge in [0.1, 0.15) is 5.58 Å². The van der Waals surface area contributed by atoms with Crippen LogP contribution in [0.25, 0.3) is 11.0 Å². The summed E-state index contributed by atoms with van der Waals surface area (Å²) in [5.74, 6) is 0.405. The van der Waals surface area contributed by atoms with Gasteiger partial charge in [-0.2, -0.15) is 0 Å². The number of hydrogen-bond donors (Lipinski definition) is 1. The number of rotatable bonds is 1. The first-order valence-electron chi connectivity index (χ1n) is 6.20. The van der Waals surface area contributed by atoms with Crippen LogP contribution in [0.4, 0.5) is 0 Å². The molecule has 1 saturated heterocycles. The van der Waals surface area contributed by atoms with E-state index in [2.05, 4.69) is 0 Å². The second-order valence-electron chi connectivity index (χ2n) is 4.85. The molecule has 1 atom stereocenters. The number of fused-ring (bicyclic) bond motifs is 1. The van der Waals surface area contributed by atoms with Gasteiger partial charge >= 0.3 is 0 Å². The van der Waals surface area contributed by atoms with Crippen LogP contribution in [0.2, 0.25) is 0 Å². The number of nitrogens with two attached hydrogens (primary N) is 1. The molecule has 4 heteroatoms. The lowest BCUT2D eigenvalue weighted by atomic mass is 10.1. The van der Waals surface area contributed by atoms with Crippen LogP contribution in [0.3, 0.4) is 0 Å². The SMILES string of the molecule is Cc1c(C(=O)N2CCC(N)C2)oc2ccccc12. The van der Waals surface area contributed by atoms with Gasteiger partial charge in [0.2, 0.25) is 0 Å². The summed E-state index contributed by atoms with van der Waals surface area (Å²) in [4.78, 5) is 14.1. The average molecular weight is 244 g/mol. The van der Waals surface area contributed by atoms with Crippen molar-refractivity contribution in [1.82, 2.24) is 4.90 Å². The molecule has 1 unspecified atom stereocenters. The van der Waals surface area contributed by atoms with Crippen molar-refractivity contribution in [1.29, 1.82) is 0 Å². The maximum absolute atomic E-state index is 12.4.